The number of nitrogens with zero attached hydrogens (tertiary/aromatic N) is 1. The van der Waals surface area contributed by atoms with E-state index in [1.165, 1.54) is 0 Å². The number of benzene rings is 2. The number of hydrogen-bond donors (Lipinski definition) is 2. The van der Waals surface area contributed by atoms with Crippen molar-refractivity contribution >= 4 is 28.9 Å². The third-order valence-corrected chi connectivity index (χ3v) is 4.43. The zero-order valence-electron chi connectivity index (χ0n) is 16.2. The number of carbonyl (C=O) groups excluding carboxylic acids is 2. The first-order valence-corrected chi connectivity index (χ1v) is 9.43. The number of anilines is 3. The van der Waals surface area contributed by atoms with E-state index in [2.05, 4.69) is 29.4 Å². The highest BCUT2D eigenvalue weighted by Gasteiger charge is 2.14. The quantitative estimate of drug-likeness (QED) is 0.718. The van der Waals surface area contributed by atoms with Crippen molar-refractivity contribution in [1.29, 1.82) is 0 Å². The maximum absolute atomic E-state index is 12.2. The molecule has 0 atom stereocenters. The molecule has 1 aliphatic heterocycles. The average Bonchev–Trinajstić information content (AvgIpc) is 2.70. The molecule has 2 aromatic carbocycles. The van der Waals surface area contributed by atoms with Crippen molar-refractivity contribution in [3.05, 3.63) is 42.5 Å². The lowest BCUT2D eigenvalue weighted by Crippen LogP contribution is -2.22. The summed E-state index contributed by atoms with van der Waals surface area (Å²) in [6, 6.07) is 12.7. The fourth-order valence-corrected chi connectivity index (χ4v) is 3.02. The Morgan fingerprint density at radius 1 is 0.857 bits per heavy atom. The Morgan fingerprint density at radius 3 is 2.07 bits per heavy atom. The molecule has 2 amide bonds. The largest absolute Gasteiger partial charge is 0.486 e. The van der Waals surface area contributed by atoms with Gasteiger partial charge in [0.05, 0.1) is 0 Å². The Hall–Kier alpha value is -3.22. The topological polar surface area (TPSA) is 79.9 Å². The third-order valence-electron chi connectivity index (χ3n) is 4.43. The fourth-order valence-electron chi connectivity index (χ4n) is 3.02. The number of rotatable bonds is 7. The number of fused-ring (bicyclic) bond motifs is 1. The van der Waals surface area contributed by atoms with Crippen molar-refractivity contribution in [3.8, 4) is 11.5 Å². The van der Waals surface area contributed by atoms with Gasteiger partial charge in [-0.1, -0.05) is 0 Å². The van der Waals surface area contributed by atoms with Gasteiger partial charge in [0.2, 0.25) is 11.8 Å². The number of carbonyl (C=O) groups is 2. The summed E-state index contributed by atoms with van der Waals surface area (Å²) in [7, 11) is 0. The zero-order valence-corrected chi connectivity index (χ0v) is 16.2. The van der Waals surface area contributed by atoms with Crippen molar-refractivity contribution in [2.75, 3.05) is 41.8 Å². The van der Waals surface area contributed by atoms with E-state index in [1.54, 1.807) is 18.2 Å². The van der Waals surface area contributed by atoms with Gasteiger partial charge in [-0.2, -0.15) is 0 Å². The Morgan fingerprint density at radius 2 is 1.43 bits per heavy atom. The van der Waals surface area contributed by atoms with E-state index in [-0.39, 0.29) is 12.3 Å². The van der Waals surface area contributed by atoms with Gasteiger partial charge in [0.1, 0.15) is 19.6 Å². The maximum Gasteiger partial charge on any atom is 0.233 e. The molecule has 0 bridgehead atoms. The summed E-state index contributed by atoms with van der Waals surface area (Å²) in [5, 5.41) is 5.45. The molecular weight excluding hydrogens is 358 g/mol. The molecule has 2 N–H and O–H groups in total. The Kier molecular flexibility index (Phi) is 6.37. The van der Waals surface area contributed by atoms with Gasteiger partial charge < -0.3 is 25.0 Å². The highest BCUT2D eigenvalue weighted by atomic mass is 16.6. The minimum Gasteiger partial charge on any atom is -0.486 e. The number of hydrogen-bond acceptors (Lipinski definition) is 5. The van der Waals surface area contributed by atoms with Crippen molar-refractivity contribution in [2.24, 2.45) is 0 Å². The van der Waals surface area contributed by atoms with Crippen LogP contribution in [0.25, 0.3) is 0 Å². The molecule has 148 valence electrons. The second-order valence-corrected chi connectivity index (χ2v) is 6.35. The third kappa shape index (κ3) is 4.94. The van der Waals surface area contributed by atoms with Crippen LogP contribution in [-0.2, 0) is 9.59 Å². The summed E-state index contributed by atoms with van der Waals surface area (Å²) < 4.78 is 10.9. The molecule has 0 saturated carbocycles. The van der Waals surface area contributed by atoms with Gasteiger partial charge in [-0.15, -0.1) is 0 Å². The van der Waals surface area contributed by atoms with Crippen molar-refractivity contribution in [1.82, 2.24) is 0 Å². The van der Waals surface area contributed by atoms with E-state index < -0.39 is 5.91 Å². The SMILES string of the molecule is CCN(CC)c1ccc(NC(=O)CC(=O)Nc2ccc3c(c2)OCCO3)cc1. The van der Waals surface area contributed by atoms with Crippen molar-refractivity contribution in [3.63, 3.8) is 0 Å². The van der Waals surface area contributed by atoms with Crippen molar-refractivity contribution in [2.45, 2.75) is 20.3 Å². The van der Waals surface area contributed by atoms with Crippen LogP contribution in [0.4, 0.5) is 17.1 Å². The fraction of sp³-hybridized carbons (Fsp3) is 0.333. The van der Waals surface area contributed by atoms with Crippen LogP contribution < -0.4 is 25.0 Å². The van der Waals surface area contributed by atoms with Crippen LogP contribution in [0, 0.1) is 0 Å². The summed E-state index contributed by atoms with van der Waals surface area (Å²) in [6.45, 7) is 7.01. The molecule has 0 fully saturated rings. The molecule has 28 heavy (non-hydrogen) atoms. The highest BCUT2D eigenvalue weighted by molar-refractivity contribution is 6.08. The molecule has 0 aliphatic carbocycles. The Labute approximate surface area is 164 Å². The van der Waals surface area contributed by atoms with Crippen LogP contribution >= 0.6 is 0 Å². The summed E-state index contributed by atoms with van der Waals surface area (Å²) in [6.07, 6.45) is -0.272. The Balaban J connectivity index is 1.52. The monoisotopic (exact) mass is 383 g/mol. The number of amides is 2. The van der Waals surface area contributed by atoms with Crippen LogP contribution in [0.1, 0.15) is 20.3 Å². The van der Waals surface area contributed by atoms with Crippen LogP contribution in [0.2, 0.25) is 0 Å². The predicted molar refractivity (Wildman–Crippen MR) is 109 cm³/mol. The lowest BCUT2D eigenvalue weighted by atomic mass is 10.2. The number of ether oxygens (including phenoxy) is 2. The van der Waals surface area contributed by atoms with E-state index >= 15 is 0 Å². The van der Waals surface area contributed by atoms with E-state index in [0.717, 1.165) is 18.8 Å². The molecule has 0 unspecified atom stereocenters. The maximum atomic E-state index is 12.2. The molecule has 2 aromatic rings. The van der Waals surface area contributed by atoms with Gasteiger partial charge in [-0.25, -0.2) is 0 Å². The number of nitrogens with one attached hydrogen (secondary N) is 2. The molecule has 0 aromatic heterocycles. The summed E-state index contributed by atoms with van der Waals surface area (Å²) >= 11 is 0. The average molecular weight is 383 g/mol. The zero-order chi connectivity index (χ0) is 19.9. The lowest BCUT2D eigenvalue weighted by Gasteiger charge is -2.21. The molecule has 1 heterocycles. The molecule has 7 heteroatoms. The molecular formula is C21H25N3O4. The first-order chi connectivity index (χ1) is 13.6. The molecule has 1 aliphatic rings. The smallest absolute Gasteiger partial charge is 0.233 e. The standard InChI is InChI=1S/C21H25N3O4/c1-3-24(4-2)17-8-5-15(6-9-17)22-20(25)14-21(26)23-16-7-10-18-19(13-16)28-12-11-27-18/h5-10,13H,3-4,11-12,14H2,1-2H3,(H,22,25)(H,23,26). The summed E-state index contributed by atoms with van der Waals surface area (Å²) in [4.78, 5) is 26.5. The van der Waals surface area contributed by atoms with Crippen molar-refractivity contribution < 1.29 is 19.1 Å². The normalized spacial score (nSPS) is 12.2. The van der Waals surface area contributed by atoms with Gasteiger partial charge in [-0.3, -0.25) is 9.59 Å². The molecule has 0 spiro atoms. The van der Waals surface area contributed by atoms with Gasteiger partial charge in [-0.05, 0) is 50.2 Å². The first-order valence-electron chi connectivity index (χ1n) is 9.43. The Bertz CT molecular complexity index is 832. The first kappa shape index (κ1) is 19.5. The second-order valence-electron chi connectivity index (χ2n) is 6.35. The molecule has 7 nitrogen and oxygen atoms in total. The summed E-state index contributed by atoms with van der Waals surface area (Å²) in [5.74, 6) is 0.469. The van der Waals surface area contributed by atoms with Gasteiger partial charge in [0.25, 0.3) is 0 Å². The van der Waals surface area contributed by atoms with Crippen LogP contribution in [0.15, 0.2) is 42.5 Å². The molecule has 0 saturated heterocycles. The van der Waals surface area contributed by atoms with Gasteiger partial charge in [0, 0.05) is 36.2 Å². The van der Waals surface area contributed by atoms with Gasteiger partial charge in [0.15, 0.2) is 11.5 Å². The van der Waals surface area contributed by atoms with Crippen LogP contribution in [-0.4, -0.2) is 38.1 Å². The minimum absolute atomic E-state index is 0.272. The van der Waals surface area contributed by atoms with Crippen LogP contribution in [0.5, 0.6) is 11.5 Å². The molecule has 3 rings (SSSR count). The predicted octanol–water partition coefficient (Wildman–Crippen LogP) is 3.27. The molecule has 0 radical (unpaired) electrons. The van der Waals surface area contributed by atoms with E-state index in [0.29, 0.717) is 36.1 Å². The highest BCUT2D eigenvalue weighted by Crippen LogP contribution is 2.32. The van der Waals surface area contributed by atoms with E-state index in [9.17, 15) is 9.59 Å². The van der Waals surface area contributed by atoms with E-state index in [1.807, 2.05) is 24.3 Å². The summed E-state index contributed by atoms with van der Waals surface area (Å²) in [5.41, 5.74) is 2.32. The van der Waals surface area contributed by atoms with Gasteiger partial charge >= 0.3 is 0 Å². The van der Waals surface area contributed by atoms with Crippen LogP contribution in [0.3, 0.4) is 0 Å². The minimum atomic E-state index is -0.395. The second kappa shape index (κ2) is 9.12. The lowest BCUT2D eigenvalue weighted by molar-refractivity contribution is -0.123. The van der Waals surface area contributed by atoms with E-state index in [4.69, 9.17) is 9.47 Å².